The Bertz CT molecular complexity index is 332. The molecule has 0 N–H and O–H groups in total. The quantitative estimate of drug-likeness (QED) is 0.762. The first-order valence-corrected chi connectivity index (χ1v) is 6.00. The van der Waals surface area contributed by atoms with Crippen LogP contribution in [0.2, 0.25) is 0 Å². The second-order valence-electron chi connectivity index (χ2n) is 4.36. The predicted molar refractivity (Wildman–Crippen MR) is 63.3 cm³/mol. The molecule has 0 radical (unpaired) electrons. The molecule has 16 heavy (non-hydrogen) atoms. The van der Waals surface area contributed by atoms with E-state index >= 15 is 0 Å². The van der Waals surface area contributed by atoms with Crippen LogP contribution in [0, 0.1) is 5.92 Å². The van der Waals surface area contributed by atoms with Gasteiger partial charge in [-0.2, -0.15) is 0 Å². The van der Waals surface area contributed by atoms with E-state index < -0.39 is 0 Å². The highest BCUT2D eigenvalue weighted by atomic mass is 16.5. The molecule has 1 saturated heterocycles. The molecule has 2 nitrogen and oxygen atoms in total. The van der Waals surface area contributed by atoms with Crippen LogP contribution in [-0.2, 0) is 16.0 Å². The van der Waals surface area contributed by atoms with Gasteiger partial charge < -0.3 is 4.74 Å². The Balaban J connectivity index is 1.98. The van der Waals surface area contributed by atoms with Gasteiger partial charge in [-0.3, -0.25) is 4.79 Å². The average molecular weight is 218 g/mol. The predicted octanol–water partition coefficient (Wildman–Crippen LogP) is 2.61. The summed E-state index contributed by atoms with van der Waals surface area (Å²) in [5, 5.41) is 0. The van der Waals surface area contributed by atoms with Crippen molar-refractivity contribution in [2.45, 2.75) is 25.7 Å². The summed E-state index contributed by atoms with van der Waals surface area (Å²) in [6.45, 7) is 1.47. The molecule has 0 spiro atoms. The lowest BCUT2D eigenvalue weighted by Crippen LogP contribution is -2.22. The molecule has 1 aliphatic rings. The third kappa shape index (κ3) is 3.17. The van der Waals surface area contributed by atoms with Gasteiger partial charge in [-0.25, -0.2) is 0 Å². The monoisotopic (exact) mass is 218 g/mol. The molecule has 1 aromatic rings. The first-order valence-electron chi connectivity index (χ1n) is 6.00. The van der Waals surface area contributed by atoms with E-state index in [9.17, 15) is 4.79 Å². The minimum absolute atomic E-state index is 0.155. The van der Waals surface area contributed by atoms with Crippen molar-refractivity contribution >= 4 is 5.78 Å². The molecule has 0 aliphatic carbocycles. The second kappa shape index (κ2) is 5.80. The number of ketones is 1. The normalized spacial score (nSPS) is 22.5. The summed E-state index contributed by atoms with van der Waals surface area (Å²) in [7, 11) is 0. The molecule has 2 rings (SSSR count). The Hall–Kier alpha value is -1.15. The molecule has 0 bridgehead atoms. The molecule has 0 aromatic heterocycles. The summed E-state index contributed by atoms with van der Waals surface area (Å²) in [5.74, 6) is 0.565. The smallest absolute Gasteiger partial charge is 0.136 e. The van der Waals surface area contributed by atoms with E-state index in [1.54, 1.807) is 0 Å². The van der Waals surface area contributed by atoms with E-state index in [1.807, 2.05) is 18.2 Å². The molecule has 86 valence electrons. The maximum Gasteiger partial charge on any atom is 0.136 e. The lowest BCUT2D eigenvalue weighted by atomic mass is 9.90. The molecule has 2 heteroatoms. The van der Waals surface area contributed by atoms with E-state index in [0.29, 0.717) is 12.2 Å². The van der Waals surface area contributed by atoms with Crippen molar-refractivity contribution in [2.75, 3.05) is 13.2 Å². The minimum atomic E-state index is 0.155. The molecule has 1 heterocycles. The van der Waals surface area contributed by atoms with Crippen LogP contribution in [0.15, 0.2) is 30.3 Å². The molecule has 1 aliphatic heterocycles. The Kier molecular flexibility index (Phi) is 4.11. The zero-order chi connectivity index (χ0) is 11.2. The van der Waals surface area contributed by atoms with E-state index in [1.165, 1.54) is 5.56 Å². The summed E-state index contributed by atoms with van der Waals surface area (Å²) in [6, 6.07) is 10.2. The summed E-state index contributed by atoms with van der Waals surface area (Å²) in [5.41, 5.74) is 1.25. The molecule has 1 unspecified atom stereocenters. The van der Waals surface area contributed by atoms with Crippen molar-refractivity contribution in [1.82, 2.24) is 0 Å². The molecular formula is C14H18O2. The lowest BCUT2D eigenvalue weighted by molar-refractivity contribution is -0.124. The Morgan fingerprint density at radius 2 is 2.00 bits per heavy atom. The van der Waals surface area contributed by atoms with Gasteiger partial charge in [-0.15, -0.1) is 0 Å². The molecule has 1 aromatic carbocycles. The van der Waals surface area contributed by atoms with Crippen LogP contribution in [-0.4, -0.2) is 19.0 Å². The van der Waals surface area contributed by atoms with Crippen molar-refractivity contribution in [3.63, 3.8) is 0 Å². The second-order valence-corrected chi connectivity index (χ2v) is 4.36. The number of hydrogen-bond acceptors (Lipinski definition) is 2. The number of Topliss-reactive ketones (excluding diaryl/α,β-unsaturated/α-hetero) is 1. The molecule has 0 saturated carbocycles. The van der Waals surface area contributed by atoms with Crippen molar-refractivity contribution in [3.8, 4) is 0 Å². The van der Waals surface area contributed by atoms with Gasteiger partial charge in [0.25, 0.3) is 0 Å². The van der Waals surface area contributed by atoms with Crippen molar-refractivity contribution < 1.29 is 9.53 Å². The highest BCUT2D eigenvalue weighted by Gasteiger charge is 2.19. The van der Waals surface area contributed by atoms with Gasteiger partial charge in [0.2, 0.25) is 0 Å². The minimum Gasteiger partial charge on any atom is -0.381 e. The highest BCUT2D eigenvalue weighted by molar-refractivity contribution is 5.81. The maximum atomic E-state index is 11.9. The first kappa shape index (κ1) is 11.3. The molecule has 1 atom stereocenters. The van der Waals surface area contributed by atoms with Crippen molar-refractivity contribution in [3.05, 3.63) is 35.9 Å². The zero-order valence-electron chi connectivity index (χ0n) is 9.52. The highest BCUT2D eigenvalue weighted by Crippen LogP contribution is 2.18. The Morgan fingerprint density at radius 3 is 2.81 bits per heavy atom. The number of rotatable bonds is 2. The van der Waals surface area contributed by atoms with E-state index in [2.05, 4.69) is 12.1 Å². The molecule has 1 fully saturated rings. The van der Waals surface area contributed by atoms with E-state index in [4.69, 9.17) is 4.74 Å². The Morgan fingerprint density at radius 1 is 1.19 bits per heavy atom. The van der Waals surface area contributed by atoms with Gasteiger partial charge in [0.1, 0.15) is 5.78 Å². The SMILES string of the molecule is O=C1CCCOCCC1Cc1ccccc1. The van der Waals surface area contributed by atoms with Crippen LogP contribution in [0.3, 0.4) is 0 Å². The average Bonchev–Trinajstić information content (AvgIpc) is 2.30. The molecular weight excluding hydrogens is 200 g/mol. The van der Waals surface area contributed by atoms with Crippen LogP contribution in [0.5, 0.6) is 0 Å². The number of ether oxygens (including phenoxy) is 1. The fraction of sp³-hybridized carbons (Fsp3) is 0.500. The summed E-state index contributed by atoms with van der Waals surface area (Å²) >= 11 is 0. The van der Waals surface area contributed by atoms with Crippen LogP contribution in [0.4, 0.5) is 0 Å². The first-order chi connectivity index (χ1) is 7.86. The molecule has 0 amide bonds. The van der Waals surface area contributed by atoms with Gasteiger partial charge in [0.15, 0.2) is 0 Å². The summed E-state index contributed by atoms with van der Waals surface area (Å²) in [6.07, 6.45) is 3.29. The van der Waals surface area contributed by atoms with Gasteiger partial charge in [-0.1, -0.05) is 30.3 Å². The van der Waals surface area contributed by atoms with Crippen LogP contribution in [0.25, 0.3) is 0 Å². The third-order valence-corrected chi connectivity index (χ3v) is 3.10. The fourth-order valence-corrected chi connectivity index (χ4v) is 2.16. The van der Waals surface area contributed by atoms with Crippen molar-refractivity contribution in [1.29, 1.82) is 0 Å². The topological polar surface area (TPSA) is 26.3 Å². The largest absolute Gasteiger partial charge is 0.381 e. The van der Waals surface area contributed by atoms with E-state index in [0.717, 1.165) is 32.5 Å². The summed E-state index contributed by atoms with van der Waals surface area (Å²) < 4.78 is 5.44. The van der Waals surface area contributed by atoms with Crippen LogP contribution < -0.4 is 0 Å². The van der Waals surface area contributed by atoms with Gasteiger partial charge in [0.05, 0.1) is 0 Å². The summed E-state index contributed by atoms with van der Waals surface area (Å²) in [4.78, 5) is 11.9. The number of benzene rings is 1. The van der Waals surface area contributed by atoms with Gasteiger partial charge >= 0.3 is 0 Å². The van der Waals surface area contributed by atoms with Crippen LogP contribution >= 0.6 is 0 Å². The Labute approximate surface area is 96.6 Å². The van der Waals surface area contributed by atoms with Crippen LogP contribution in [0.1, 0.15) is 24.8 Å². The zero-order valence-corrected chi connectivity index (χ0v) is 9.52. The number of hydrogen-bond donors (Lipinski definition) is 0. The number of carbonyl (C=O) groups excluding carboxylic acids is 1. The third-order valence-electron chi connectivity index (χ3n) is 3.10. The van der Waals surface area contributed by atoms with E-state index in [-0.39, 0.29) is 5.92 Å². The van der Waals surface area contributed by atoms with Crippen molar-refractivity contribution in [2.24, 2.45) is 5.92 Å². The maximum absolute atomic E-state index is 11.9. The van der Waals surface area contributed by atoms with Gasteiger partial charge in [0, 0.05) is 25.6 Å². The lowest BCUT2D eigenvalue weighted by Gasteiger charge is -2.18. The number of carbonyl (C=O) groups is 1. The standard InChI is InChI=1S/C14H18O2/c15-14-7-4-9-16-10-8-13(14)11-12-5-2-1-3-6-12/h1-3,5-6,13H,4,7-11H2. The fourth-order valence-electron chi connectivity index (χ4n) is 2.16. The van der Waals surface area contributed by atoms with Gasteiger partial charge in [-0.05, 0) is 24.8 Å².